The van der Waals surface area contributed by atoms with E-state index in [9.17, 15) is 5.11 Å². The molecule has 3 heteroatoms. The molecule has 2 aliphatic heterocycles. The van der Waals surface area contributed by atoms with Crippen LogP contribution < -0.4 is 5.32 Å². The summed E-state index contributed by atoms with van der Waals surface area (Å²) in [6.45, 7) is 3.85. The lowest BCUT2D eigenvalue weighted by molar-refractivity contribution is 0.0895. The Kier molecular flexibility index (Phi) is 2.58. The van der Waals surface area contributed by atoms with Crippen LogP contribution in [0.4, 0.5) is 0 Å². The molecule has 2 rings (SSSR count). The molecule has 2 heterocycles. The predicted octanol–water partition coefficient (Wildman–Crippen LogP) is 0.665. The van der Waals surface area contributed by atoms with Crippen molar-refractivity contribution in [3.8, 4) is 0 Å². The second kappa shape index (κ2) is 3.56. The molecule has 3 nitrogen and oxygen atoms in total. The summed E-state index contributed by atoms with van der Waals surface area (Å²) in [5, 5.41) is 12.8. The lowest BCUT2D eigenvalue weighted by Gasteiger charge is -2.25. The molecular formula is C10H19NO2. The Morgan fingerprint density at radius 3 is 2.62 bits per heavy atom. The number of hydrogen-bond acceptors (Lipinski definition) is 3. The Morgan fingerprint density at radius 1 is 1.38 bits per heavy atom. The maximum atomic E-state index is 9.35. The molecule has 76 valence electrons. The second-order valence-corrected chi connectivity index (χ2v) is 4.41. The minimum absolute atomic E-state index is 0.174. The first kappa shape index (κ1) is 9.44. The van der Waals surface area contributed by atoms with Crippen LogP contribution >= 0.6 is 0 Å². The molecule has 0 saturated carbocycles. The van der Waals surface area contributed by atoms with Gasteiger partial charge in [-0.15, -0.1) is 0 Å². The molecule has 2 bridgehead atoms. The molecule has 13 heavy (non-hydrogen) atoms. The summed E-state index contributed by atoms with van der Waals surface area (Å²) in [4.78, 5) is 0. The average molecular weight is 185 g/mol. The topological polar surface area (TPSA) is 41.5 Å². The third-order valence-corrected chi connectivity index (χ3v) is 3.31. The van der Waals surface area contributed by atoms with E-state index in [2.05, 4.69) is 5.32 Å². The Hall–Kier alpha value is -0.120. The van der Waals surface area contributed by atoms with Gasteiger partial charge in [0.15, 0.2) is 0 Å². The van der Waals surface area contributed by atoms with Crippen LogP contribution in [0.3, 0.4) is 0 Å². The van der Waals surface area contributed by atoms with Crippen molar-refractivity contribution in [2.24, 2.45) is 0 Å². The third kappa shape index (κ3) is 1.87. The average Bonchev–Trinajstić information content (AvgIpc) is 2.64. The predicted molar refractivity (Wildman–Crippen MR) is 50.6 cm³/mol. The highest BCUT2D eigenvalue weighted by Crippen LogP contribution is 2.34. The van der Waals surface area contributed by atoms with Gasteiger partial charge in [-0.25, -0.2) is 0 Å². The van der Waals surface area contributed by atoms with E-state index in [1.807, 2.05) is 13.8 Å². The zero-order valence-corrected chi connectivity index (χ0v) is 8.36. The first-order chi connectivity index (χ1) is 6.16. The number of nitrogens with one attached hydrogen (secondary N) is 1. The monoisotopic (exact) mass is 185 g/mol. The summed E-state index contributed by atoms with van der Waals surface area (Å²) in [5.74, 6) is 0. The summed E-state index contributed by atoms with van der Waals surface area (Å²) in [6.07, 6.45) is 4.16. The Labute approximate surface area is 79.5 Å². The van der Waals surface area contributed by atoms with Crippen LogP contribution in [-0.2, 0) is 4.74 Å². The SMILES string of the molecule is CC(O)C(C)NC1CC2CCC1O2. The van der Waals surface area contributed by atoms with Gasteiger partial charge in [-0.3, -0.25) is 0 Å². The van der Waals surface area contributed by atoms with Gasteiger partial charge in [0.1, 0.15) is 0 Å². The van der Waals surface area contributed by atoms with Crippen LogP contribution in [0, 0.1) is 0 Å². The van der Waals surface area contributed by atoms with Crippen molar-refractivity contribution >= 4 is 0 Å². The molecule has 2 aliphatic rings. The fraction of sp³-hybridized carbons (Fsp3) is 1.00. The van der Waals surface area contributed by atoms with Gasteiger partial charge in [-0.2, -0.15) is 0 Å². The van der Waals surface area contributed by atoms with Crippen LogP contribution in [0.15, 0.2) is 0 Å². The van der Waals surface area contributed by atoms with E-state index in [-0.39, 0.29) is 12.1 Å². The first-order valence-corrected chi connectivity index (χ1v) is 5.26. The van der Waals surface area contributed by atoms with Gasteiger partial charge >= 0.3 is 0 Å². The van der Waals surface area contributed by atoms with E-state index in [1.165, 1.54) is 12.8 Å². The fourth-order valence-corrected chi connectivity index (χ4v) is 2.29. The molecule has 0 aliphatic carbocycles. The molecule has 0 aromatic heterocycles. The zero-order valence-electron chi connectivity index (χ0n) is 8.36. The van der Waals surface area contributed by atoms with Crippen molar-refractivity contribution < 1.29 is 9.84 Å². The van der Waals surface area contributed by atoms with Gasteiger partial charge in [0, 0.05) is 12.1 Å². The lowest BCUT2D eigenvalue weighted by atomic mass is 9.94. The molecule has 0 spiro atoms. The minimum atomic E-state index is -0.279. The Morgan fingerprint density at radius 2 is 2.15 bits per heavy atom. The van der Waals surface area contributed by atoms with E-state index in [0.717, 1.165) is 6.42 Å². The van der Waals surface area contributed by atoms with E-state index in [4.69, 9.17) is 4.74 Å². The Balaban J connectivity index is 1.83. The first-order valence-electron chi connectivity index (χ1n) is 5.26. The molecule has 2 N–H and O–H groups in total. The van der Waals surface area contributed by atoms with Gasteiger partial charge in [0.25, 0.3) is 0 Å². The van der Waals surface area contributed by atoms with Crippen LogP contribution in [0.1, 0.15) is 33.1 Å². The van der Waals surface area contributed by atoms with Crippen molar-refractivity contribution in [2.45, 2.75) is 63.5 Å². The molecule has 0 radical (unpaired) electrons. The number of aliphatic hydroxyl groups excluding tert-OH is 1. The number of fused-ring (bicyclic) bond motifs is 2. The normalized spacial score (nSPS) is 42.2. The molecule has 5 atom stereocenters. The maximum Gasteiger partial charge on any atom is 0.0733 e. The van der Waals surface area contributed by atoms with Crippen molar-refractivity contribution in [3.63, 3.8) is 0 Å². The summed E-state index contributed by atoms with van der Waals surface area (Å²) in [7, 11) is 0. The van der Waals surface area contributed by atoms with Gasteiger partial charge in [0.2, 0.25) is 0 Å². The number of hydrogen-bond donors (Lipinski definition) is 2. The van der Waals surface area contributed by atoms with Crippen LogP contribution in [0.25, 0.3) is 0 Å². The minimum Gasteiger partial charge on any atom is -0.392 e. The van der Waals surface area contributed by atoms with Crippen LogP contribution in [0.5, 0.6) is 0 Å². The summed E-state index contributed by atoms with van der Waals surface area (Å²) < 4.78 is 5.72. The molecule has 0 aromatic rings. The number of aliphatic hydroxyl groups is 1. The molecule has 0 aromatic carbocycles. The van der Waals surface area contributed by atoms with E-state index >= 15 is 0 Å². The summed E-state index contributed by atoms with van der Waals surface area (Å²) >= 11 is 0. The zero-order chi connectivity index (χ0) is 9.42. The van der Waals surface area contributed by atoms with Gasteiger partial charge < -0.3 is 15.2 Å². The van der Waals surface area contributed by atoms with Crippen LogP contribution in [0.2, 0.25) is 0 Å². The molecule has 2 saturated heterocycles. The molecular weight excluding hydrogens is 166 g/mol. The van der Waals surface area contributed by atoms with E-state index in [1.54, 1.807) is 0 Å². The standard InChI is InChI=1S/C10H19NO2/c1-6(7(2)12)11-9-5-8-3-4-10(9)13-8/h6-12H,3-5H2,1-2H3. The third-order valence-electron chi connectivity index (χ3n) is 3.31. The quantitative estimate of drug-likeness (QED) is 0.679. The highest BCUT2D eigenvalue weighted by molar-refractivity contribution is 4.95. The largest absolute Gasteiger partial charge is 0.392 e. The molecule has 5 unspecified atom stereocenters. The number of rotatable bonds is 3. The fourth-order valence-electron chi connectivity index (χ4n) is 2.29. The van der Waals surface area contributed by atoms with E-state index in [0.29, 0.717) is 18.2 Å². The van der Waals surface area contributed by atoms with Gasteiger partial charge in [-0.1, -0.05) is 0 Å². The lowest BCUT2D eigenvalue weighted by Crippen LogP contribution is -2.46. The van der Waals surface area contributed by atoms with Crippen molar-refractivity contribution in [1.82, 2.24) is 5.32 Å². The van der Waals surface area contributed by atoms with Crippen LogP contribution in [-0.4, -0.2) is 35.5 Å². The Bertz CT molecular complexity index is 184. The van der Waals surface area contributed by atoms with Gasteiger partial charge in [0.05, 0.1) is 18.3 Å². The van der Waals surface area contributed by atoms with Crippen molar-refractivity contribution in [3.05, 3.63) is 0 Å². The smallest absolute Gasteiger partial charge is 0.0733 e. The summed E-state index contributed by atoms with van der Waals surface area (Å²) in [6, 6.07) is 0.649. The van der Waals surface area contributed by atoms with Gasteiger partial charge in [-0.05, 0) is 33.1 Å². The summed E-state index contributed by atoms with van der Waals surface area (Å²) in [5.41, 5.74) is 0. The van der Waals surface area contributed by atoms with E-state index < -0.39 is 0 Å². The number of ether oxygens (including phenoxy) is 1. The maximum absolute atomic E-state index is 9.35. The second-order valence-electron chi connectivity index (χ2n) is 4.41. The highest BCUT2D eigenvalue weighted by Gasteiger charge is 2.41. The van der Waals surface area contributed by atoms with Crippen molar-refractivity contribution in [1.29, 1.82) is 0 Å². The molecule has 2 fully saturated rings. The van der Waals surface area contributed by atoms with Crippen molar-refractivity contribution in [2.75, 3.05) is 0 Å². The highest BCUT2D eigenvalue weighted by atomic mass is 16.5. The molecule has 0 amide bonds.